The quantitative estimate of drug-likeness (QED) is 0.245. The molecule has 1 aliphatic rings. The van der Waals surface area contributed by atoms with Crippen LogP contribution in [-0.4, -0.2) is 58.4 Å². The van der Waals surface area contributed by atoms with Crippen LogP contribution in [0.5, 0.6) is 11.5 Å². The molecule has 0 radical (unpaired) electrons. The summed E-state index contributed by atoms with van der Waals surface area (Å²) < 4.78 is 16.4. The van der Waals surface area contributed by atoms with Gasteiger partial charge in [0.15, 0.2) is 5.96 Å². The van der Waals surface area contributed by atoms with Crippen LogP contribution in [0.25, 0.3) is 0 Å². The van der Waals surface area contributed by atoms with E-state index in [9.17, 15) is 0 Å². The second-order valence-electron chi connectivity index (χ2n) is 7.04. The second kappa shape index (κ2) is 12.6. The Morgan fingerprint density at radius 1 is 1.10 bits per heavy atom. The Kier molecular flexibility index (Phi) is 10.2. The van der Waals surface area contributed by atoms with E-state index in [1.807, 2.05) is 43.4 Å². The molecule has 1 saturated heterocycles. The van der Waals surface area contributed by atoms with Crippen LogP contribution < -0.4 is 14.8 Å². The van der Waals surface area contributed by atoms with Crippen molar-refractivity contribution in [2.75, 3.05) is 47.5 Å². The zero-order valence-electron chi connectivity index (χ0n) is 18.0. The van der Waals surface area contributed by atoms with Crippen molar-refractivity contribution in [2.45, 2.75) is 18.9 Å². The maximum Gasteiger partial charge on any atom is 0.193 e. The summed E-state index contributed by atoms with van der Waals surface area (Å²) in [4.78, 5) is 6.76. The molecule has 30 heavy (non-hydrogen) atoms. The monoisotopic (exact) mass is 525 g/mol. The zero-order chi connectivity index (χ0) is 20.5. The van der Waals surface area contributed by atoms with E-state index >= 15 is 0 Å². The number of rotatable bonds is 8. The van der Waals surface area contributed by atoms with Gasteiger partial charge in [-0.15, -0.1) is 24.0 Å². The average Bonchev–Trinajstić information content (AvgIpc) is 3.26. The predicted molar refractivity (Wildman–Crippen MR) is 131 cm³/mol. The van der Waals surface area contributed by atoms with Crippen molar-refractivity contribution < 1.29 is 14.2 Å². The van der Waals surface area contributed by atoms with E-state index in [4.69, 9.17) is 14.2 Å². The fraction of sp³-hybridized carbons (Fsp3) is 0.435. The lowest BCUT2D eigenvalue weighted by atomic mass is 9.98. The number of guanidine groups is 1. The van der Waals surface area contributed by atoms with E-state index in [-0.39, 0.29) is 24.0 Å². The van der Waals surface area contributed by atoms with Gasteiger partial charge in [-0.3, -0.25) is 4.99 Å². The van der Waals surface area contributed by atoms with Gasteiger partial charge >= 0.3 is 0 Å². The molecule has 0 amide bonds. The third kappa shape index (κ3) is 6.50. The fourth-order valence-corrected chi connectivity index (χ4v) is 3.67. The molecule has 7 heteroatoms. The molecular weight excluding hydrogens is 493 g/mol. The summed E-state index contributed by atoms with van der Waals surface area (Å²) in [7, 11) is 5.21. The number of methoxy groups -OCH3 is 2. The number of ether oxygens (including phenoxy) is 3. The van der Waals surface area contributed by atoms with Crippen LogP contribution in [0.4, 0.5) is 0 Å². The summed E-state index contributed by atoms with van der Waals surface area (Å²) >= 11 is 0. The zero-order valence-corrected chi connectivity index (χ0v) is 20.3. The molecular formula is C23H32IN3O3. The highest BCUT2D eigenvalue weighted by Gasteiger charge is 2.25. The number of likely N-dealkylation sites (tertiary alicyclic amines) is 1. The molecule has 0 aromatic heterocycles. The number of nitrogens with zero attached hydrogens (tertiary/aromatic N) is 2. The van der Waals surface area contributed by atoms with E-state index in [2.05, 4.69) is 27.3 Å². The molecule has 1 aliphatic heterocycles. The molecule has 6 nitrogen and oxygen atoms in total. The minimum Gasteiger partial charge on any atom is -0.497 e. The maximum absolute atomic E-state index is 5.80. The van der Waals surface area contributed by atoms with Gasteiger partial charge < -0.3 is 24.4 Å². The summed E-state index contributed by atoms with van der Waals surface area (Å²) in [6, 6.07) is 16.3. The van der Waals surface area contributed by atoms with Gasteiger partial charge in [-0.25, -0.2) is 0 Å². The highest BCUT2D eigenvalue weighted by atomic mass is 127. The Bertz CT molecular complexity index is 799. The van der Waals surface area contributed by atoms with Crippen LogP contribution in [0.3, 0.4) is 0 Å². The highest BCUT2D eigenvalue weighted by Crippen LogP contribution is 2.28. The number of benzene rings is 2. The first-order valence-electron chi connectivity index (χ1n) is 10.0. The smallest absolute Gasteiger partial charge is 0.193 e. The molecule has 1 heterocycles. The molecule has 2 aromatic rings. The molecule has 1 atom stereocenters. The lowest BCUT2D eigenvalue weighted by Crippen LogP contribution is -2.41. The van der Waals surface area contributed by atoms with E-state index in [0.29, 0.717) is 25.7 Å². The standard InChI is InChI=1S/C23H31N3O3.HI/c1-24-23(25-13-15-29-17-20-6-4-5-7-22(20)28-3)26-14-12-19(16-26)18-8-10-21(27-2)11-9-18;/h4-11,19H,12-17H2,1-3H3,(H,24,25);1H. The minimum absolute atomic E-state index is 0. The molecule has 164 valence electrons. The fourth-order valence-electron chi connectivity index (χ4n) is 3.67. The Hall–Kier alpha value is -2.00. The van der Waals surface area contributed by atoms with E-state index in [1.165, 1.54) is 5.56 Å². The van der Waals surface area contributed by atoms with Crippen LogP contribution >= 0.6 is 24.0 Å². The molecule has 0 aliphatic carbocycles. The molecule has 0 bridgehead atoms. The lowest BCUT2D eigenvalue weighted by molar-refractivity contribution is 0.123. The summed E-state index contributed by atoms with van der Waals surface area (Å²) in [5, 5.41) is 3.42. The Labute approximate surface area is 196 Å². The molecule has 3 rings (SSSR count). The van der Waals surface area contributed by atoms with Crippen molar-refractivity contribution in [2.24, 2.45) is 4.99 Å². The molecule has 0 saturated carbocycles. The van der Waals surface area contributed by atoms with Gasteiger partial charge in [-0.1, -0.05) is 30.3 Å². The summed E-state index contributed by atoms with van der Waals surface area (Å²) in [6.45, 7) is 3.82. The van der Waals surface area contributed by atoms with Gasteiger partial charge in [-0.05, 0) is 30.2 Å². The third-order valence-corrected chi connectivity index (χ3v) is 5.27. The van der Waals surface area contributed by atoms with Gasteiger partial charge in [0.05, 0.1) is 27.4 Å². The van der Waals surface area contributed by atoms with Gasteiger partial charge in [-0.2, -0.15) is 0 Å². The summed E-state index contributed by atoms with van der Waals surface area (Å²) in [5.41, 5.74) is 2.41. The number of nitrogens with one attached hydrogen (secondary N) is 1. The summed E-state index contributed by atoms with van der Waals surface area (Å²) in [6.07, 6.45) is 1.12. The Morgan fingerprint density at radius 2 is 1.87 bits per heavy atom. The number of aliphatic imine (C=N–C) groups is 1. The van der Waals surface area contributed by atoms with Gasteiger partial charge in [0.25, 0.3) is 0 Å². The first-order chi connectivity index (χ1) is 14.2. The summed E-state index contributed by atoms with van der Waals surface area (Å²) in [5.74, 6) is 3.20. The Balaban J connectivity index is 0.00000320. The SMILES string of the molecule is CN=C(NCCOCc1ccccc1OC)N1CCC(c2ccc(OC)cc2)C1.I. The van der Waals surface area contributed by atoms with Gasteiger partial charge in [0.1, 0.15) is 11.5 Å². The second-order valence-corrected chi connectivity index (χ2v) is 7.04. The van der Waals surface area contributed by atoms with Crippen LogP contribution in [0.1, 0.15) is 23.5 Å². The largest absolute Gasteiger partial charge is 0.497 e. The van der Waals surface area contributed by atoms with Gasteiger partial charge in [0.2, 0.25) is 0 Å². The first-order valence-corrected chi connectivity index (χ1v) is 10.0. The van der Waals surface area contributed by atoms with Crippen LogP contribution in [-0.2, 0) is 11.3 Å². The maximum atomic E-state index is 5.80. The van der Waals surface area contributed by atoms with Crippen molar-refractivity contribution >= 4 is 29.9 Å². The first kappa shape index (κ1) is 24.3. The third-order valence-electron chi connectivity index (χ3n) is 5.27. The molecule has 2 aromatic carbocycles. The predicted octanol–water partition coefficient (Wildman–Crippen LogP) is 3.90. The van der Waals surface area contributed by atoms with Crippen LogP contribution in [0, 0.1) is 0 Å². The van der Waals surface area contributed by atoms with Crippen molar-refractivity contribution in [1.29, 1.82) is 0 Å². The minimum atomic E-state index is 0. The van der Waals surface area contributed by atoms with Gasteiger partial charge in [0, 0.05) is 38.2 Å². The Morgan fingerprint density at radius 3 is 2.57 bits per heavy atom. The van der Waals surface area contributed by atoms with E-state index in [1.54, 1.807) is 14.2 Å². The normalized spacial score (nSPS) is 16.2. The lowest BCUT2D eigenvalue weighted by Gasteiger charge is -2.22. The molecule has 1 N–H and O–H groups in total. The van der Waals surface area contributed by atoms with E-state index in [0.717, 1.165) is 42.5 Å². The molecule has 1 unspecified atom stereocenters. The molecule has 0 spiro atoms. The number of para-hydroxylation sites is 1. The topological polar surface area (TPSA) is 55.3 Å². The molecule has 1 fully saturated rings. The average molecular weight is 525 g/mol. The van der Waals surface area contributed by atoms with Crippen molar-refractivity contribution in [3.8, 4) is 11.5 Å². The number of hydrogen-bond acceptors (Lipinski definition) is 4. The van der Waals surface area contributed by atoms with Crippen molar-refractivity contribution in [3.63, 3.8) is 0 Å². The highest BCUT2D eigenvalue weighted by molar-refractivity contribution is 14.0. The van der Waals surface area contributed by atoms with Crippen LogP contribution in [0.15, 0.2) is 53.5 Å². The number of hydrogen-bond donors (Lipinski definition) is 1. The van der Waals surface area contributed by atoms with Crippen LogP contribution in [0.2, 0.25) is 0 Å². The number of halogens is 1. The van der Waals surface area contributed by atoms with Crippen molar-refractivity contribution in [3.05, 3.63) is 59.7 Å². The van der Waals surface area contributed by atoms with Crippen molar-refractivity contribution in [1.82, 2.24) is 10.2 Å². The van der Waals surface area contributed by atoms with E-state index < -0.39 is 0 Å².